The van der Waals surface area contributed by atoms with Crippen LogP contribution in [-0.2, 0) is 7.05 Å². The maximum Gasteiger partial charge on any atom is 0.123 e. The normalized spacial score (nSPS) is 9.20. The van der Waals surface area contributed by atoms with Gasteiger partial charge in [0.15, 0.2) is 0 Å². The average Bonchev–Trinajstić information content (AvgIpc) is 2.09. The molecule has 1 aromatic heterocycles. The highest BCUT2D eigenvalue weighted by molar-refractivity contribution is 5.65. The van der Waals surface area contributed by atoms with E-state index in [0.717, 1.165) is 0 Å². The first-order chi connectivity index (χ1) is 4.66. The zero-order valence-electron chi connectivity index (χ0n) is 5.63. The van der Waals surface area contributed by atoms with Gasteiger partial charge in [0.1, 0.15) is 17.5 Å². The van der Waals surface area contributed by atoms with Gasteiger partial charge in [-0.2, -0.15) is 5.26 Å². The van der Waals surface area contributed by atoms with Gasteiger partial charge in [0.25, 0.3) is 0 Å². The molecule has 0 unspecified atom stereocenters. The van der Waals surface area contributed by atoms with E-state index in [4.69, 9.17) is 16.7 Å². The lowest BCUT2D eigenvalue weighted by Gasteiger charge is -1.91. The first-order valence-corrected chi connectivity index (χ1v) is 2.77. The molecule has 0 amide bonds. The molecule has 10 heavy (non-hydrogen) atoms. The summed E-state index contributed by atoms with van der Waals surface area (Å²) >= 11 is 0. The Balaban J connectivity index is 3.37. The van der Waals surface area contributed by atoms with Crippen LogP contribution in [0.25, 0.3) is 0 Å². The Morgan fingerprint density at radius 3 is 2.40 bits per heavy atom. The highest BCUT2D eigenvalue weighted by Gasteiger charge is 2.06. The van der Waals surface area contributed by atoms with Crippen LogP contribution in [0.2, 0.25) is 0 Å². The number of nitriles is 1. The molecule has 0 aliphatic heterocycles. The lowest BCUT2D eigenvalue weighted by Crippen LogP contribution is -1.95. The van der Waals surface area contributed by atoms with Gasteiger partial charge in [0.05, 0.1) is 5.69 Å². The molecule has 4 nitrogen and oxygen atoms in total. The van der Waals surface area contributed by atoms with Crippen LogP contribution < -0.4 is 11.5 Å². The number of aryl methyl sites for hydroxylation is 1. The maximum atomic E-state index is 8.49. The third-order valence-corrected chi connectivity index (χ3v) is 1.37. The SMILES string of the molecule is Cn1cc(N)c(C#N)c1N. The summed E-state index contributed by atoms with van der Waals surface area (Å²) in [5.74, 6) is 0.417. The average molecular weight is 136 g/mol. The summed E-state index contributed by atoms with van der Waals surface area (Å²) in [6, 6.07) is 1.91. The van der Waals surface area contributed by atoms with Gasteiger partial charge in [-0.3, -0.25) is 0 Å². The number of nitrogens with zero attached hydrogens (tertiary/aromatic N) is 2. The first-order valence-electron chi connectivity index (χ1n) is 2.77. The van der Waals surface area contributed by atoms with E-state index in [1.165, 1.54) is 0 Å². The van der Waals surface area contributed by atoms with Crippen LogP contribution in [0.3, 0.4) is 0 Å². The second kappa shape index (κ2) is 1.95. The van der Waals surface area contributed by atoms with E-state index in [0.29, 0.717) is 17.1 Å². The highest BCUT2D eigenvalue weighted by Crippen LogP contribution is 2.18. The Labute approximate surface area is 58.7 Å². The second-order valence-corrected chi connectivity index (χ2v) is 2.07. The molecule has 52 valence electrons. The molecule has 0 radical (unpaired) electrons. The van der Waals surface area contributed by atoms with E-state index < -0.39 is 0 Å². The van der Waals surface area contributed by atoms with Crippen molar-refractivity contribution >= 4 is 11.5 Å². The number of nitrogen functional groups attached to an aromatic ring is 2. The summed E-state index contributed by atoms with van der Waals surface area (Å²) in [5, 5.41) is 8.49. The minimum absolute atomic E-state index is 0.363. The molecule has 0 spiro atoms. The summed E-state index contributed by atoms with van der Waals surface area (Å²) in [6.07, 6.45) is 1.62. The molecule has 0 fully saturated rings. The van der Waals surface area contributed by atoms with E-state index in [9.17, 15) is 0 Å². The summed E-state index contributed by atoms with van der Waals surface area (Å²) < 4.78 is 1.62. The number of anilines is 2. The molecule has 1 heterocycles. The Morgan fingerprint density at radius 2 is 2.20 bits per heavy atom. The Morgan fingerprint density at radius 1 is 1.60 bits per heavy atom. The van der Waals surface area contributed by atoms with Crippen molar-refractivity contribution in [3.63, 3.8) is 0 Å². The van der Waals surface area contributed by atoms with Crippen molar-refractivity contribution in [3.8, 4) is 6.07 Å². The largest absolute Gasteiger partial charge is 0.396 e. The molecular weight excluding hydrogens is 128 g/mol. The summed E-state index contributed by atoms with van der Waals surface area (Å²) in [7, 11) is 1.74. The monoisotopic (exact) mass is 136 g/mol. The molecule has 0 saturated carbocycles. The Hall–Kier alpha value is -1.63. The van der Waals surface area contributed by atoms with E-state index in [-0.39, 0.29) is 0 Å². The molecule has 0 aromatic carbocycles. The third-order valence-electron chi connectivity index (χ3n) is 1.37. The number of nitrogens with two attached hydrogens (primary N) is 2. The summed E-state index contributed by atoms with van der Waals surface area (Å²) in [4.78, 5) is 0. The molecule has 4 heteroatoms. The van der Waals surface area contributed by atoms with Crippen LogP contribution in [0.4, 0.5) is 11.5 Å². The number of hydrogen-bond acceptors (Lipinski definition) is 3. The zero-order valence-corrected chi connectivity index (χ0v) is 5.63. The first kappa shape index (κ1) is 6.49. The van der Waals surface area contributed by atoms with Gasteiger partial charge >= 0.3 is 0 Å². The van der Waals surface area contributed by atoms with Crippen molar-refractivity contribution in [2.45, 2.75) is 0 Å². The van der Waals surface area contributed by atoms with Crippen molar-refractivity contribution in [2.24, 2.45) is 7.05 Å². The van der Waals surface area contributed by atoms with Crippen LogP contribution in [0.5, 0.6) is 0 Å². The highest BCUT2D eigenvalue weighted by atomic mass is 15.0. The smallest absolute Gasteiger partial charge is 0.123 e. The molecule has 1 rings (SSSR count). The quantitative estimate of drug-likeness (QED) is 0.529. The summed E-state index contributed by atoms with van der Waals surface area (Å²) in [6.45, 7) is 0. The van der Waals surface area contributed by atoms with Crippen molar-refractivity contribution in [3.05, 3.63) is 11.8 Å². The van der Waals surface area contributed by atoms with Gasteiger partial charge < -0.3 is 16.0 Å². The summed E-state index contributed by atoms with van der Waals surface area (Å²) in [5.41, 5.74) is 11.7. The van der Waals surface area contributed by atoms with Gasteiger partial charge in [0.2, 0.25) is 0 Å². The van der Waals surface area contributed by atoms with Crippen molar-refractivity contribution in [1.29, 1.82) is 5.26 Å². The predicted octanol–water partition coefficient (Wildman–Crippen LogP) is 0.0612. The fourth-order valence-corrected chi connectivity index (χ4v) is 0.789. The standard InChI is InChI=1S/C6H8N4/c1-10-3-5(8)4(2-7)6(10)9/h3H,8-9H2,1H3. The van der Waals surface area contributed by atoms with E-state index >= 15 is 0 Å². The molecule has 0 bridgehead atoms. The zero-order chi connectivity index (χ0) is 7.72. The van der Waals surface area contributed by atoms with Crippen LogP contribution >= 0.6 is 0 Å². The van der Waals surface area contributed by atoms with Crippen molar-refractivity contribution in [1.82, 2.24) is 4.57 Å². The van der Waals surface area contributed by atoms with E-state index in [2.05, 4.69) is 0 Å². The maximum absolute atomic E-state index is 8.49. The van der Waals surface area contributed by atoms with Crippen molar-refractivity contribution in [2.75, 3.05) is 11.5 Å². The molecule has 0 saturated heterocycles. The molecule has 0 aliphatic carbocycles. The topological polar surface area (TPSA) is 80.8 Å². The minimum Gasteiger partial charge on any atom is -0.396 e. The van der Waals surface area contributed by atoms with Crippen LogP contribution in [0.15, 0.2) is 6.20 Å². The minimum atomic E-state index is 0.363. The lowest BCUT2D eigenvalue weighted by atomic mass is 10.3. The van der Waals surface area contributed by atoms with Gasteiger partial charge in [-0.15, -0.1) is 0 Å². The fraction of sp³-hybridized carbons (Fsp3) is 0.167. The number of rotatable bonds is 0. The van der Waals surface area contributed by atoms with E-state index in [1.807, 2.05) is 6.07 Å². The molecule has 0 aliphatic rings. The van der Waals surface area contributed by atoms with Gasteiger partial charge in [-0.1, -0.05) is 0 Å². The third kappa shape index (κ3) is 0.685. The van der Waals surface area contributed by atoms with Crippen LogP contribution in [0.1, 0.15) is 5.56 Å². The molecule has 0 atom stereocenters. The van der Waals surface area contributed by atoms with Gasteiger partial charge in [0, 0.05) is 13.2 Å². The van der Waals surface area contributed by atoms with Crippen molar-refractivity contribution < 1.29 is 0 Å². The number of hydrogen-bond donors (Lipinski definition) is 2. The van der Waals surface area contributed by atoms with Crippen LogP contribution in [-0.4, -0.2) is 4.57 Å². The Kier molecular flexibility index (Phi) is 1.27. The predicted molar refractivity (Wildman–Crippen MR) is 39.0 cm³/mol. The molecule has 1 aromatic rings. The Bertz CT molecular complexity index is 291. The second-order valence-electron chi connectivity index (χ2n) is 2.07. The number of aromatic nitrogens is 1. The lowest BCUT2D eigenvalue weighted by molar-refractivity contribution is 0.941. The van der Waals surface area contributed by atoms with E-state index in [1.54, 1.807) is 17.8 Å². The molecular formula is C6H8N4. The molecule has 4 N–H and O–H groups in total. The van der Waals surface area contributed by atoms with Crippen LogP contribution in [0, 0.1) is 11.3 Å². The van der Waals surface area contributed by atoms with Gasteiger partial charge in [-0.25, -0.2) is 0 Å². The van der Waals surface area contributed by atoms with Gasteiger partial charge in [-0.05, 0) is 0 Å². The fourth-order valence-electron chi connectivity index (χ4n) is 0.789.